The van der Waals surface area contributed by atoms with Gasteiger partial charge in [0.15, 0.2) is 0 Å². The number of H-pyrrole nitrogens is 1. The van der Waals surface area contributed by atoms with Crippen molar-refractivity contribution in [1.29, 1.82) is 0 Å². The molecule has 10 aromatic rings. The Kier molecular flexibility index (Phi) is 6.53. The molecule has 0 aliphatic heterocycles. The van der Waals surface area contributed by atoms with E-state index < -0.39 is 0 Å². The van der Waals surface area contributed by atoms with Crippen molar-refractivity contribution in [3.8, 4) is 55.6 Å². The van der Waals surface area contributed by atoms with Crippen LogP contribution in [-0.2, 0) is 0 Å². The summed E-state index contributed by atoms with van der Waals surface area (Å²) in [7, 11) is 0. The molecule has 50 heavy (non-hydrogen) atoms. The third-order valence-electron chi connectivity index (χ3n) is 10.0. The number of aromatic nitrogens is 1. The number of hydrogen-bond acceptors (Lipinski definition) is 1. The highest BCUT2D eigenvalue weighted by Gasteiger charge is 2.19. The fourth-order valence-corrected chi connectivity index (χ4v) is 7.64. The molecule has 2 nitrogen and oxygen atoms in total. The topological polar surface area (TPSA) is 28.9 Å². The molecule has 1 N–H and O–H groups in total. The SMILES string of the molecule is c1ccc(-c2ccccc2-c2ccc3oc4c(-c5ccc6[nH]c7ccccc7c6c5)cc(-c5ccccc5-c5ccccc5)cc4c3c2)cc1. The lowest BCUT2D eigenvalue weighted by Gasteiger charge is -2.13. The monoisotopic (exact) mass is 637 g/mol. The lowest BCUT2D eigenvalue weighted by molar-refractivity contribution is 0.670. The Hall–Kier alpha value is -6.64. The van der Waals surface area contributed by atoms with Crippen LogP contribution in [0.2, 0.25) is 0 Å². The van der Waals surface area contributed by atoms with Crippen LogP contribution < -0.4 is 0 Å². The number of para-hydroxylation sites is 1. The molecule has 8 aromatic carbocycles. The van der Waals surface area contributed by atoms with Crippen molar-refractivity contribution in [2.24, 2.45) is 0 Å². The first kappa shape index (κ1) is 28.4. The Morgan fingerprint density at radius 3 is 1.50 bits per heavy atom. The molecule has 0 aliphatic carbocycles. The molecule has 0 unspecified atom stereocenters. The lowest BCUT2D eigenvalue weighted by Crippen LogP contribution is -1.88. The van der Waals surface area contributed by atoms with E-state index in [-0.39, 0.29) is 0 Å². The molecule has 2 aromatic heterocycles. The molecular weight excluding hydrogens is 607 g/mol. The summed E-state index contributed by atoms with van der Waals surface area (Å²) >= 11 is 0. The molecule has 0 fully saturated rings. The van der Waals surface area contributed by atoms with E-state index in [9.17, 15) is 0 Å². The lowest BCUT2D eigenvalue weighted by atomic mass is 9.90. The van der Waals surface area contributed by atoms with Gasteiger partial charge in [-0.05, 0) is 92.5 Å². The van der Waals surface area contributed by atoms with Crippen molar-refractivity contribution in [2.45, 2.75) is 0 Å². The number of nitrogens with one attached hydrogen (secondary N) is 1. The first-order valence-corrected chi connectivity index (χ1v) is 17.1. The van der Waals surface area contributed by atoms with Crippen LogP contribution in [0.25, 0.3) is 99.4 Å². The second-order valence-corrected chi connectivity index (χ2v) is 13.0. The van der Waals surface area contributed by atoms with E-state index in [1.165, 1.54) is 44.2 Å². The number of furan rings is 1. The maximum absolute atomic E-state index is 6.82. The molecule has 0 bridgehead atoms. The molecule has 0 atom stereocenters. The third kappa shape index (κ3) is 4.65. The molecule has 2 heterocycles. The van der Waals surface area contributed by atoms with Gasteiger partial charge in [-0.15, -0.1) is 0 Å². The van der Waals surface area contributed by atoms with E-state index in [2.05, 4.69) is 187 Å². The van der Waals surface area contributed by atoms with Crippen molar-refractivity contribution >= 4 is 43.7 Å². The van der Waals surface area contributed by atoms with Gasteiger partial charge in [-0.3, -0.25) is 0 Å². The standard InChI is InChI=1S/C48H31NO/c1-3-13-31(14-4-1)36-17-7-9-19-38(36)33-24-26-47-43(28-33)44-30-35(39-20-10-8-18-37(39)32-15-5-2-6-16-32)29-41(48(44)50-47)34-23-25-46-42(27-34)40-21-11-12-22-45(40)49-46/h1-30,49H. The van der Waals surface area contributed by atoms with Gasteiger partial charge in [0.2, 0.25) is 0 Å². The van der Waals surface area contributed by atoms with Crippen LogP contribution in [0.5, 0.6) is 0 Å². The summed E-state index contributed by atoms with van der Waals surface area (Å²) in [6.45, 7) is 0. The van der Waals surface area contributed by atoms with Gasteiger partial charge in [-0.2, -0.15) is 0 Å². The van der Waals surface area contributed by atoms with Crippen molar-refractivity contribution < 1.29 is 4.42 Å². The van der Waals surface area contributed by atoms with Crippen LogP contribution in [0.3, 0.4) is 0 Å². The Morgan fingerprint density at radius 1 is 0.300 bits per heavy atom. The predicted octanol–water partition coefficient (Wildman–Crippen LogP) is 13.6. The minimum Gasteiger partial charge on any atom is -0.455 e. The highest BCUT2D eigenvalue weighted by Crippen LogP contribution is 2.44. The maximum Gasteiger partial charge on any atom is 0.143 e. The smallest absolute Gasteiger partial charge is 0.143 e. The van der Waals surface area contributed by atoms with Crippen molar-refractivity contribution in [3.63, 3.8) is 0 Å². The average Bonchev–Trinajstić information content (AvgIpc) is 3.76. The summed E-state index contributed by atoms with van der Waals surface area (Å²) in [6.07, 6.45) is 0. The van der Waals surface area contributed by atoms with Gasteiger partial charge in [0.05, 0.1) is 0 Å². The number of rotatable bonds is 5. The van der Waals surface area contributed by atoms with Crippen molar-refractivity contribution in [1.82, 2.24) is 4.98 Å². The number of benzene rings is 8. The molecule has 2 heteroatoms. The van der Waals surface area contributed by atoms with Crippen molar-refractivity contribution in [3.05, 3.63) is 182 Å². The van der Waals surface area contributed by atoms with Crippen LogP contribution in [0.1, 0.15) is 0 Å². The Balaban J connectivity index is 1.24. The summed E-state index contributed by atoms with van der Waals surface area (Å²) in [5, 5.41) is 4.64. The van der Waals surface area contributed by atoms with Crippen LogP contribution in [0, 0.1) is 0 Å². The Bertz CT molecular complexity index is 2860. The highest BCUT2D eigenvalue weighted by molar-refractivity contribution is 6.14. The molecular formula is C48H31NO. The van der Waals surface area contributed by atoms with Gasteiger partial charge >= 0.3 is 0 Å². The predicted molar refractivity (Wildman–Crippen MR) is 210 cm³/mol. The normalized spacial score (nSPS) is 11.6. The zero-order valence-electron chi connectivity index (χ0n) is 27.2. The number of aromatic amines is 1. The van der Waals surface area contributed by atoms with Gasteiger partial charge in [0.25, 0.3) is 0 Å². The van der Waals surface area contributed by atoms with Crippen molar-refractivity contribution in [2.75, 3.05) is 0 Å². The van der Waals surface area contributed by atoms with E-state index in [1.54, 1.807) is 0 Å². The number of hydrogen-bond donors (Lipinski definition) is 1. The van der Waals surface area contributed by atoms with Crippen LogP contribution >= 0.6 is 0 Å². The Morgan fingerprint density at radius 2 is 0.800 bits per heavy atom. The zero-order chi connectivity index (χ0) is 33.0. The summed E-state index contributed by atoms with van der Waals surface area (Å²) in [4.78, 5) is 3.59. The second kappa shape index (κ2) is 11.5. The third-order valence-corrected chi connectivity index (χ3v) is 10.0. The maximum atomic E-state index is 6.82. The summed E-state index contributed by atoms with van der Waals surface area (Å²) < 4.78 is 6.82. The van der Waals surface area contributed by atoms with Gasteiger partial charge < -0.3 is 9.40 Å². The molecule has 234 valence electrons. The highest BCUT2D eigenvalue weighted by atomic mass is 16.3. The van der Waals surface area contributed by atoms with E-state index in [0.29, 0.717) is 0 Å². The first-order chi connectivity index (χ1) is 24.8. The van der Waals surface area contributed by atoms with Gasteiger partial charge in [0, 0.05) is 38.1 Å². The fraction of sp³-hybridized carbons (Fsp3) is 0. The van der Waals surface area contributed by atoms with Crippen LogP contribution in [-0.4, -0.2) is 4.98 Å². The van der Waals surface area contributed by atoms with E-state index in [0.717, 1.165) is 55.2 Å². The minimum absolute atomic E-state index is 0.879. The van der Waals surface area contributed by atoms with Crippen LogP contribution in [0.15, 0.2) is 186 Å². The summed E-state index contributed by atoms with van der Waals surface area (Å²) in [6, 6.07) is 65.2. The molecule has 0 amide bonds. The fourth-order valence-electron chi connectivity index (χ4n) is 7.64. The van der Waals surface area contributed by atoms with Gasteiger partial charge in [-0.25, -0.2) is 0 Å². The second-order valence-electron chi connectivity index (χ2n) is 13.0. The summed E-state index contributed by atoms with van der Waals surface area (Å²) in [5.41, 5.74) is 15.8. The molecule has 10 rings (SSSR count). The quantitative estimate of drug-likeness (QED) is 0.200. The van der Waals surface area contributed by atoms with Gasteiger partial charge in [0.1, 0.15) is 11.2 Å². The van der Waals surface area contributed by atoms with E-state index in [4.69, 9.17) is 4.42 Å². The van der Waals surface area contributed by atoms with E-state index >= 15 is 0 Å². The molecule has 0 radical (unpaired) electrons. The minimum atomic E-state index is 0.879. The molecule has 0 saturated carbocycles. The van der Waals surface area contributed by atoms with Gasteiger partial charge in [-0.1, -0.05) is 140 Å². The molecule has 0 spiro atoms. The van der Waals surface area contributed by atoms with E-state index in [1.807, 2.05) is 0 Å². The first-order valence-electron chi connectivity index (χ1n) is 17.1. The zero-order valence-corrected chi connectivity index (χ0v) is 27.2. The largest absolute Gasteiger partial charge is 0.455 e. The summed E-state index contributed by atoms with van der Waals surface area (Å²) in [5.74, 6) is 0. The Labute approximate surface area is 289 Å². The molecule has 0 aliphatic rings. The molecule has 0 saturated heterocycles. The average molecular weight is 638 g/mol. The number of fused-ring (bicyclic) bond motifs is 6. The van der Waals surface area contributed by atoms with Crippen LogP contribution in [0.4, 0.5) is 0 Å².